The second-order valence-electron chi connectivity index (χ2n) is 9.28. The van der Waals surface area contributed by atoms with Gasteiger partial charge in [0.2, 0.25) is 11.8 Å². The minimum atomic E-state index is -0.827. The number of nitrogens with zero attached hydrogens (tertiary/aromatic N) is 5. The molecule has 0 amide bonds. The van der Waals surface area contributed by atoms with Crippen LogP contribution in [0, 0.1) is 17.2 Å². The van der Waals surface area contributed by atoms with Crippen LogP contribution in [0.15, 0.2) is 59.6 Å². The first kappa shape index (κ1) is 24.9. The number of benzene rings is 2. The Hall–Kier alpha value is -4.78. The van der Waals surface area contributed by atoms with Gasteiger partial charge in [0.05, 0.1) is 24.1 Å². The van der Waals surface area contributed by atoms with Crippen molar-refractivity contribution in [3.8, 4) is 35.1 Å². The fourth-order valence-electron chi connectivity index (χ4n) is 4.61. The highest BCUT2D eigenvalue weighted by molar-refractivity contribution is 5.99. The van der Waals surface area contributed by atoms with Gasteiger partial charge in [0.1, 0.15) is 11.6 Å². The molecular formula is C28H27N5O5. The first-order valence-electron chi connectivity index (χ1n) is 12.3. The number of phenolic OH excluding ortho intramolecular Hbond substituents is 1. The molecule has 0 bridgehead atoms. The smallest absolute Gasteiger partial charge is 0.308 e. The minimum Gasteiger partial charge on any atom is -0.504 e. The standard InChI is InChI=1S/C28H27N5O5/c1-32-11-9-30-27(32)19-4-2-6-22(13-19)37-25-14-21(33-10-3-5-20(17-33)28(35)36)15-26(31-25)38-24-12-18(16-29)7-8-23(24)34/h2,4,6-8,12-15,20,34H,3,5,9-11,17H2,1H3,(H,35,36). The number of piperidine rings is 1. The number of carbonyl (C=O) groups is 1. The number of aromatic hydroxyl groups is 1. The number of aliphatic carboxylic acids is 1. The summed E-state index contributed by atoms with van der Waals surface area (Å²) in [5.74, 6) is 0.442. The number of carboxylic acids is 1. The Morgan fingerprint density at radius 3 is 2.66 bits per heavy atom. The second-order valence-corrected chi connectivity index (χ2v) is 9.28. The van der Waals surface area contributed by atoms with Gasteiger partial charge >= 0.3 is 5.97 Å². The van der Waals surface area contributed by atoms with E-state index in [0.29, 0.717) is 36.5 Å². The summed E-state index contributed by atoms with van der Waals surface area (Å²) < 4.78 is 12.0. The lowest BCUT2D eigenvalue weighted by molar-refractivity contribution is -0.141. The summed E-state index contributed by atoms with van der Waals surface area (Å²) in [7, 11) is 1.99. The molecule has 0 spiro atoms. The van der Waals surface area contributed by atoms with E-state index in [4.69, 9.17) is 9.47 Å². The predicted molar refractivity (Wildman–Crippen MR) is 140 cm³/mol. The van der Waals surface area contributed by atoms with Crippen LogP contribution < -0.4 is 14.4 Å². The van der Waals surface area contributed by atoms with E-state index < -0.39 is 11.9 Å². The number of anilines is 1. The molecule has 1 saturated heterocycles. The first-order chi connectivity index (χ1) is 18.4. The Labute approximate surface area is 220 Å². The number of pyridine rings is 1. The van der Waals surface area contributed by atoms with Gasteiger partial charge in [0.25, 0.3) is 0 Å². The Morgan fingerprint density at radius 2 is 1.92 bits per heavy atom. The van der Waals surface area contributed by atoms with Crippen molar-refractivity contribution in [2.45, 2.75) is 12.8 Å². The van der Waals surface area contributed by atoms with Gasteiger partial charge in [-0.2, -0.15) is 10.2 Å². The summed E-state index contributed by atoms with van der Waals surface area (Å²) in [6.07, 6.45) is 1.35. The number of amidine groups is 1. The summed E-state index contributed by atoms with van der Waals surface area (Å²) in [5.41, 5.74) is 1.93. The number of aromatic nitrogens is 1. The lowest BCUT2D eigenvalue weighted by Gasteiger charge is -2.32. The lowest BCUT2D eigenvalue weighted by atomic mass is 9.98. The van der Waals surface area contributed by atoms with Crippen molar-refractivity contribution in [1.29, 1.82) is 5.26 Å². The van der Waals surface area contributed by atoms with Crippen molar-refractivity contribution >= 4 is 17.5 Å². The molecule has 0 radical (unpaired) electrons. The van der Waals surface area contributed by atoms with Crippen molar-refractivity contribution in [3.63, 3.8) is 0 Å². The van der Waals surface area contributed by atoms with Gasteiger partial charge < -0.3 is 29.5 Å². The van der Waals surface area contributed by atoms with Gasteiger partial charge in [-0.3, -0.25) is 9.79 Å². The molecule has 2 aliphatic rings. The minimum absolute atomic E-state index is 0.0750. The largest absolute Gasteiger partial charge is 0.504 e. The zero-order valence-corrected chi connectivity index (χ0v) is 20.9. The molecule has 38 heavy (non-hydrogen) atoms. The molecule has 5 rings (SSSR count). The number of carboxylic acid groups (broad SMARTS) is 1. The van der Waals surface area contributed by atoms with E-state index in [0.717, 1.165) is 30.9 Å². The molecule has 2 aliphatic heterocycles. The molecule has 0 saturated carbocycles. The van der Waals surface area contributed by atoms with Crippen LogP contribution in [0.1, 0.15) is 24.0 Å². The Morgan fingerprint density at radius 1 is 1.11 bits per heavy atom. The van der Waals surface area contributed by atoms with E-state index in [1.165, 1.54) is 18.2 Å². The Kier molecular flexibility index (Phi) is 7.00. The maximum atomic E-state index is 11.7. The third-order valence-corrected chi connectivity index (χ3v) is 6.58. The third-order valence-electron chi connectivity index (χ3n) is 6.58. The predicted octanol–water partition coefficient (Wildman–Crippen LogP) is 4.24. The fraction of sp³-hybridized carbons (Fsp3) is 0.286. The van der Waals surface area contributed by atoms with Crippen LogP contribution in [-0.4, -0.2) is 65.1 Å². The van der Waals surface area contributed by atoms with E-state index in [2.05, 4.69) is 14.9 Å². The topological polar surface area (TPSA) is 132 Å². The van der Waals surface area contributed by atoms with Gasteiger partial charge in [-0.25, -0.2) is 0 Å². The molecule has 10 heteroatoms. The number of ether oxygens (including phenoxy) is 2. The maximum absolute atomic E-state index is 11.7. The number of phenols is 1. The molecule has 3 aromatic rings. The molecule has 0 aliphatic carbocycles. The highest BCUT2D eigenvalue weighted by Crippen LogP contribution is 2.36. The highest BCUT2D eigenvalue weighted by atomic mass is 16.5. The summed E-state index contributed by atoms with van der Waals surface area (Å²) in [6.45, 7) is 2.62. The van der Waals surface area contributed by atoms with E-state index in [-0.39, 0.29) is 23.3 Å². The number of rotatable bonds is 7. The van der Waals surface area contributed by atoms with Crippen molar-refractivity contribution in [2.24, 2.45) is 10.9 Å². The van der Waals surface area contributed by atoms with E-state index in [9.17, 15) is 20.3 Å². The summed E-state index contributed by atoms with van der Waals surface area (Å²) in [4.78, 5) is 24.8. The number of aliphatic imine (C=N–C) groups is 1. The van der Waals surface area contributed by atoms with Crippen LogP contribution in [0.5, 0.6) is 29.0 Å². The van der Waals surface area contributed by atoms with Crippen LogP contribution >= 0.6 is 0 Å². The van der Waals surface area contributed by atoms with Crippen molar-refractivity contribution in [1.82, 2.24) is 9.88 Å². The first-order valence-corrected chi connectivity index (χ1v) is 12.3. The average molecular weight is 514 g/mol. The fourth-order valence-corrected chi connectivity index (χ4v) is 4.61. The van der Waals surface area contributed by atoms with Crippen molar-refractivity contribution in [3.05, 3.63) is 65.7 Å². The molecule has 1 atom stereocenters. The highest BCUT2D eigenvalue weighted by Gasteiger charge is 2.26. The van der Waals surface area contributed by atoms with Gasteiger partial charge in [0, 0.05) is 56.1 Å². The molecule has 10 nitrogen and oxygen atoms in total. The van der Waals surface area contributed by atoms with Gasteiger partial charge in [0.15, 0.2) is 11.5 Å². The van der Waals surface area contributed by atoms with Crippen molar-refractivity contribution < 1.29 is 24.5 Å². The lowest BCUT2D eigenvalue weighted by Crippen LogP contribution is -2.38. The number of hydrogen-bond donors (Lipinski definition) is 2. The van der Waals surface area contributed by atoms with Crippen molar-refractivity contribution in [2.75, 3.05) is 38.1 Å². The van der Waals surface area contributed by atoms with Gasteiger partial charge in [-0.15, -0.1) is 0 Å². The number of nitriles is 1. The van der Waals surface area contributed by atoms with Gasteiger partial charge in [-0.05, 0) is 37.1 Å². The SMILES string of the molecule is CN1CCN=C1c1cccc(Oc2cc(N3CCCC(C(=O)O)C3)cc(Oc3cc(C#N)ccc3O)n2)c1. The molecule has 194 valence electrons. The number of hydrogen-bond acceptors (Lipinski definition) is 9. The summed E-state index contributed by atoms with van der Waals surface area (Å²) in [6, 6.07) is 17.3. The summed E-state index contributed by atoms with van der Waals surface area (Å²) >= 11 is 0. The van der Waals surface area contributed by atoms with Crippen LogP contribution in [-0.2, 0) is 4.79 Å². The van der Waals surface area contributed by atoms with E-state index in [1.54, 1.807) is 12.1 Å². The average Bonchev–Trinajstić information content (AvgIpc) is 3.36. The zero-order chi connectivity index (χ0) is 26.6. The molecule has 1 fully saturated rings. The Bertz CT molecular complexity index is 1430. The monoisotopic (exact) mass is 513 g/mol. The van der Waals surface area contributed by atoms with Crippen LogP contribution in [0.25, 0.3) is 0 Å². The van der Waals surface area contributed by atoms with E-state index in [1.807, 2.05) is 42.3 Å². The van der Waals surface area contributed by atoms with Crippen LogP contribution in [0.3, 0.4) is 0 Å². The third kappa shape index (κ3) is 5.47. The second kappa shape index (κ2) is 10.7. The van der Waals surface area contributed by atoms with Gasteiger partial charge in [-0.1, -0.05) is 12.1 Å². The normalized spacial score (nSPS) is 17.1. The van der Waals surface area contributed by atoms with E-state index >= 15 is 0 Å². The molecule has 3 heterocycles. The number of likely N-dealkylation sites (N-methyl/N-ethyl adjacent to an activating group) is 1. The molecule has 1 aromatic heterocycles. The Balaban J connectivity index is 1.48. The van der Waals surface area contributed by atoms with Crippen LogP contribution in [0.4, 0.5) is 5.69 Å². The molecule has 2 N–H and O–H groups in total. The molecule has 2 aromatic carbocycles. The molecular weight excluding hydrogens is 486 g/mol. The van der Waals surface area contributed by atoms with Crippen LogP contribution in [0.2, 0.25) is 0 Å². The summed E-state index contributed by atoms with van der Waals surface area (Å²) in [5, 5.41) is 29.1. The quantitative estimate of drug-likeness (QED) is 0.476. The molecule has 1 unspecified atom stereocenters. The maximum Gasteiger partial charge on any atom is 0.308 e. The zero-order valence-electron chi connectivity index (χ0n) is 20.9.